The lowest BCUT2D eigenvalue weighted by Gasteiger charge is -2.64. The lowest BCUT2D eigenvalue weighted by Crippen LogP contribution is -2.72. The van der Waals surface area contributed by atoms with E-state index in [9.17, 15) is 0 Å². The Balaban J connectivity index is 1.34. The van der Waals surface area contributed by atoms with E-state index in [1.54, 1.807) is 0 Å². The zero-order valence-electron chi connectivity index (χ0n) is 11.2. The van der Waals surface area contributed by atoms with Gasteiger partial charge in [-0.3, -0.25) is 0 Å². The molecule has 1 aliphatic heterocycles. The van der Waals surface area contributed by atoms with Gasteiger partial charge in [-0.2, -0.15) is 0 Å². The van der Waals surface area contributed by atoms with Crippen LogP contribution in [0.4, 0.5) is 0 Å². The van der Waals surface area contributed by atoms with Crippen molar-refractivity contribution in [3.8, 4) is 0 Å². The quantitative estimate of drug-likeness (QED) is 0.810. The molecule has 4 saturated carbocycles. The van der Waals surface area contributed by atoms with Gasteiger partial charge in [-0.05, 0) is 50.4 Å². The first-order valence-electron chi connectivity index (χ1n) is 8.24. The zero-order valence-corrected chi connectivity index (χ0v) is 11.2. The third-order valence-electron chi connectivity index (χ3n) is 7.17. The van der Waals surface area contributed by atoms with Gasteiger partial charge in [0.15, 0.2) is 0 Å². The molecule has 1 saturated heterocycles. The summed E-state index contributed by atoms with van der Waals surface area (Å²) >= 11 is 0. The van der Waals surface area contributed by atoms with Crippen LogP contribution in [-0.2, 0) is 4.74 Å². The Morgan fingerprint density at radius 1 is 1.06 bits per heavy atom. The molecular weight excluding hydrogens is 222 g/mol. The second-order valence-corrected chi connectivity index (χ2v) is 7.76. The van der Waals surface area contributed by atoms with E-state index >= 15 is 0 Å². The minimum absolute atomic E-state index is 0.586. The van der Waals surface area contributed by atoms with Crippen molar-refractivity contribution in [2.75, 3.05) is 6.61 Å². The van der Waals surface area contributed by atoms with Gasteiger partial charge in [-0.15, -0.1) is 0 Å². The van der Waals surface area contributed by atoms with E-state index in [-0.39, 0.29) is 0 Å². The van der Waals surface area contributed by atoms with E-state index in [2.05, 4.69) is 5.32 Å². The summed E-state index contributed by atoms with van der Waals surface area (Å²) < 4.78 is 6.03. The molecule has 0 radical (unpaired) electrons. The van der Waals surface area contributed by atoms with Crippen LogP contribution in [0.2, 0.25) is 0 Å². The van der Waals surface area contributed by atoms with Crippen molar-refractivity contribution in [1.29, 1.82) is 0 Å². The van der Waals surface area contributed by atoms with Crippen molar-refractivity contribution in [3.05, 3.63) is 0 Å². The molecule has 0 amide bonds. The van der Waals surface area contributed by atoms with E-state index in [0.29, 0.717) is 11.5 Å². The topological polar surface area (TPSA) is 21.3 Å². The van der Waals surface area contributed by atoms with Crippen LogP contribution < -0.4 is 5.32 Å². The molecule has 5 fully saturated rings. The molecular formula is C16H25NO. The highest BCUT2D eigenvalue weighted by atomic mass is 16.5. The van der Waals surface area contributed by atoms with E-state index in [4.69, 9.17) is 4.74 Å². The highest BCUT2D eigenvalue weighted by molar-refractivity contribution is 5.19. The van der Waals surface area contributed by atoms with Crippen LogP contribution in [0.25, 0.3) is 0 Å². The van der Waals surface area contributed by atoms with Gasteiger partial charge in [-0.25, -0.2) is 0 Å². The van der Waals surface area contributed by atoms with Gasteiger partial charge in [0.2, 0.25) is 0 Å². The van der Waals surface area contributed by atoms with Gasteiger partial charge in [0.25, 0.3) is 0 Å². The fraction of sp³-hybridized carbons (Fsp3) is 1.00. The van der Waals surface area contributed by atoms with Crippen LogP contribution in [0, 0.1) is 23.2 Å². The van der Waals surface area contributed by atoms with Gasteiger partial charge in [-0.1, -0.05) is 12.8 Å². The average Bonchev–Trinajstić information content (AvgIpc) is 2.97. The van der Waals surface area contributed by atoms with Crippen molar-refractivity contribution in [1.82, 2.24) is 5.32 Å². The van der Waals surface area contributed by atoms with Crippen molar-refractivity contribution >= 4 is 0 Å². The third-order valence-corrected chi connectivity index (χ3v) is 7.17. The van der Waals surface area contributed by atoms with Crippen LogP contribution in [0.3, 0.4) is 0 Å². The maximum absolute atomic E-state index is 6.03. The van der Waals surface area contributed by atoms with Crippen LogP contribution in [-0.4, -0.2) is 24.8 Å². The predicted octanol–water partition coefficient (Wildman–Crippen LogP) is 2.72. The molecule has 100 valence electrons. The first-order valence-corrected chi connectivity index (χ1v) is 8.24. The number of nitrogens with one attached hydrogen (secondary N) is 1. The Morgan fingerprint density at radius 2 is 2.00 bits per heavy atom. The maximum Gasteiger partial charge on any atom is 0.0690 e. The fourth-order valence-corrected chi connectivity index (χ4v) is 6.17. The molecule has 0 aromatic heterocycles. The SMILES string of the molecule is C1CC2(C1)[C@H](N[C@@H]1C[C@H]3CC[C@H]1C3)[C@@H]1CCO[C@H]12. The molecule has 6 atom stereocenters. The highest BCUT2D eigenvalue weighted by Crippen LogP contribution is 2.63. The van der Waals surface area contributed by atoms with E-state index in [1.165, 1.54) is 51.4 Å². The molecule has 0 aromatic rings. The monoisotopic (exact) mass is 247 g/mol. The number of hydrogen-bond acceptors (Lipinski definition) is 2. The van der Waals surface area contributed by atoms with Crippen molar-refractivity contribution in [3.63, 3.8) is 0 Å². The third kappa shape index (κ3) is 1.17. The van der Waals surface area contributed by atoms with Crippen molar-refractivity contribution in [2.45, 2.75) is 69.6 Å². The smallest absolute Gasteiger partial charge is 0.0690 e. The molecule has 1 spiro atoms. The highest BCUT2D eigenvalue weighted by Gasteiger charge is 2.66. The first-order chi connectivity index (χ1) is 8.87. The molecule has 1 heterocycles. The van der Waals surface area contributed by atoms with Crippen molar-refractivity contribution in [2.24, 2.45) is 23.2 Å². The van der Waals surface area contributed by atoms with Crippen LogP contribution >= 0.6 is 0 Å². The Bertz CT molecular complexity index is 364. The van der Waals surface area contributed by atoms with E-state index in [0.717, 1.165) is 36.4 Å². The summed E-state index contributed by atoms with van der Waals surface area (Å²) in [6, 6.07) is 1.69. The van der Waals surface area contributed by atoms with Gasteiger partial charge in [0, 0.05) is 30.0 Å². The first kappa shape index (κ1) is 10.7. The summed E-state index contributed by atoms with van der Waals surface area (Å²) in [4.78, 5) is 0. The van der Waals surface area contributed by atoms with E-state index < -0.39 is 0 Å². The summed E-state index contributed by atoms with van der Waals surface area (Å²) in [6.45, 7) is 1.03. The summed E-state index contributed by atoms with van der Waals surface area (Å²) in [5.41, 5.74) is 0.586. The van der Waals surface area contributed by atoms with Crippen LogP contribution in [0.5, 0.6) is 0 Å². The summed E-state index contributed by atoms with van der Waals surface area (Å²) in [6.07, 6.45) is 12.3. The van der Waals surface area contributed by atoms with E-state index in [1.807, 2.05) is 0 Å². The number of hydrogen-bond donors (Lipinski definition) is 1. The Labute approximate surface area is 110 Å². The number of fused-ring (bicyclic) bond motifs is 4. The minimum atomic E-state index is 0.586. The van der Waals surface area contributed by atoms with Crippen LogP contribution in [0.1, 0.15) is 51.4 Å². The second kappa shape index (κ2) is 3.52. The summed E-state index contributed by atoms with van der Waals surface area (Å²) in [7, 11) is 0. The predicted molar refractivity (Wildman–Crippen MR) is 70.3 cm³/mol. The summed E-state index contributed by atoms with van der Waals surface area (Å²) in [5, 5.41) is 4.13. The minimum Gasteiger partial charge on any atom is -0.377 e. The van der Waals surface area contributed by atoms with Gasteiger partial charge in [0.05, 0.1) is 6.10 Å². The molecule has 2 heteroatoms. The molecule has 2 bridgehead atoms. The molecule has 4 aliphatic carbocycles. The Hall–Kier alpha value is -0.0800. The molecule has 18 heavy (non-hydrogen) atoms. The standard InChI is InChI=1S/C16H25NO/c1-5-16(6-1)14(12-4-7-18-15(12)16)17-13-9-10-2-3-11(13)8-10/h10-15,17H,1-9H2/t10-,11-,12-,13+,14+,15+/m0/s1. The average molecular weight is 247 g/mol. The normalized spacial score (nSPS) is 55.3. The fourth-order valence-electron chi connectivity index (χ4n) is 6.17. The maximum atomic E-state index is 6.03. The largest absolute Gasteiger partial charge is 0.377 e. The Kier molecular flexibility index (Phi) is 2.09. The van der Waals surface area contributed by atoms with Gasteiger partial charge >= 0.3 is 0 Å². The van der Waals surface area contributed by atoms with Crippen molar-refractivity contribution < 1.29 is 4.74 Å². The van der Waals surface area contributed by atoms with Gasteiger partial charge < -0.3 is 10.1 Å². The molecule has 5 aliphatic rings. The molecule has 1 N–H and O–H groups in total. The van der Waals surface area contributed by atoms with Crippen LogP contribution in [0.15, 0.2) is 0 Å². The molecule has 0 aromatic carbocycles. The summed E-state index contributed by atoms with van der Waals surface area (Å²) in [5.74, 6) is 2.96. The lowest BCUT2D eigenvalue weighted by molar-refractivity contribution is -0.179. The molecule has 2 nitrogen and oxygen atoms in total. The molecule has 0 unspecified atom stereocenters. The number of ether oxygens (including phenoxy) is 1. The second-order valence-electron chi connectivity index (χ2n) is 7.76. The molecule has 5 rings (SSSR count). The number of rotatable bonds is 2. The zero-order chi connectivity index (χ0) is 11.7. The lowest BCUT2D eigenvalue weighted by atomic mass is 9.46. The van der Waals surface area contributed by atoms with Gasteiger partial charge in [0.1, 0.15) is 0 Å². The Morgan fingerprint density at radius 3 is 2.67 bits per heavy atom.